The molecule has 0 amide bonds. The molecule has 2 rings (SSSR count). The molecule has 0 spiro atoms. The predicted molar refractivity (Wildman–Crippen MR) is 52.7 cm³/mol. The molecule has 1 heterocycles. The van der Waals surface area contributed by atoms with E-state index >= 15 is 0 Å². The van der Waals surface area contributed by atoms with Crippen LogP contribution in [0.5, 0.6) is 0 Å². The number of hydrogen-bond acceptors (Lipinski definition) is 1. The summed E-state index contributed by atoms with van der Waals surface area (Å²) in [6.45, 7) is 0.894. The second-order valence-corrected chi connectivity index (χ2v) is 3.84. The van der Waals surface area contributed by atoms with E-state index < -0.39 is 0 Å². The van der Waals surface area contributed by atoms with Crippen molar-refractivity contribution in [1.82, 2.24) is 0 Å². The molecule has 1 nitrogen and oxygen atoms in total. The first-order valence-electron chi connectivity index (χ1n) is 3.83. The summed E-state index contributed by atoms with van der Waals surface area (Å²) < 4.78 is 3.51. The van der Waals surface area contributed by atoms with Crippen molar-refractivity contribution in [2.24, 2.45) is 0 Å². The van der Waals surface area contributed by atoms with Gasteiger partial charge in [-0.15, -0.1) is 11.6 Å². The van der Waals surface area contributed by atoms with Gasteiger partial charge >= 0.3 is 0 Å². The Hall–Kier alpha value is -0.310. The molecule has 2 aromatic rings. The number of alkyl halides is 1. The lowest BCUT2D eigenvalue weighted by molar-refractivity contribution is -0.662. The summed E-state index contributed by atoms with van der Waals surface area (Å²) in [6.07, 6.45) is 0. The highest BCUT2D eigenvalue weighted by atomic mass is 35.5. The van der Waals surface area contributed by atoms with Crippen molar-refractivity contribution in [2.75, 3.05) is 5.88 Å². The lowest BCUT2D eigenvalue weighted by Gasteiger charge is -1.87. The highest BCUT2D eigenvalue weighted by Gasteiger charge is 2.08. The van der Waals surface area contributed by atoms with Crippen LogP contribution in [0.4, 0.5) is 0 Å². The molecule has 0 aliphatic rings. The van der Waals surface area contributed by atoms with Gasteiger partial charge in [-0.2, -0.15) is 4.57 Å². The van der Waals surface area contributed by atoms with Gasteiger partial charge in [-0.25, -0.2) is 0 Å². The fraction of sp³-hybridized carbons (Fsp3) is 0.222. The molecule has 0 radical (unpaired) electrons. The number of para-hydroxylation sites is 1. The van der Waals surface area contributed by atoms with Crippen LogP contribution in [-0.2, 0) is 6.54 Å². The van der Waals surface area contributed by atoms with Crippen LogP contribution in [0.15, 0.2) is 29.8 Å². The Labute approximate surface area is 92.4 Å². The van der Waals surface area contributed by atoms with Crippen molar-refractivity contribution in [1.29, 1.82) is 0 Å². The third-order valence-electron chi connectivity index (χ3n) is 1.81. The summed E-state index contributed by atoms with van der Waals surface area (Å²) in [5.74, 6) is 0.672. The zero-order valence-electron chi connectivity index (χ0n) is 6.91. The molecule has 1 aromatic heterocycles. The monoisotopic (exact) mass is 233 g/mol. The third kappa shape index (κ3) is 2.13. The lowest BCUT2D eigenvalue weighted by atomic mass is 10.3. The highest BCUT2D eigenvalue weighted by Crippen LogP contribution is 2.14. The largest absolute Gasteiger partial charge is 1.00 e. The zero-order chi connectivity index (χ0) is 8.39. The number of nitrogens with zero attached hydrogens (tertiary/aromatic N) is 1. The molecule has 0 unspecified atom stereocenters. The minimum Gasteiger partial charge on any atom is -1.00 e. The smallest absolute Gasteiger partial charge is 0.225 e. The molecule has 0 atom stereocenters. The summed E-state index contributed by atoms with van der Waals surface area (Å²) in [4.78, 5) is 0. The van der Waals surface area contributed by atoms with Crippen LogP contribution < -0.4 is 17.0 Å². The van der Waals surface area contributed by atoms with Gasteiger partial charge < -0.3 is 12.4 Å². The zero-order valence-corrected chi connectivity index (χ0v) is 9.24. The average Bonchev–Trinajstić information content (AvgIpc) is 2.50. The van der Waals surface area contributed by atoms with Gasteiger partial charge in [0.2, 0.25) is 11.0 Å². The minimum atomic E-state index is 0. The van der Waals surface area contributed by atoms with E-state index in [1.165, 1.54) is 10.2 Å². The maximum absolute atomic E-state index is 5.68. The maximum atomic E-state index is 5.68. The maximum Gasteiger partial charge on any atom is 0.225 e. The van der Waals surface area contributed by atoms with Crippen molar-refractivity contribution >= 4 is 33.2 Å². The number of thiazole rings is 1. The van der Waals surface area contributed by atoms with E-state index in [2.05, 4.69) is 34.3 Å². The number of fused-ring (bicyclic) bond motifs is 1. The topological polar surface area (TPSA) is 3.88 Å². The normalized spacial score (nSPS) is 9.92. The molecule has 0 aliphatic heterocycles. The predicted octanol–water partition coefficient (Wildman–Crippen LogP) is -0.568. The molecule has 1 aromatic carbocycles. The molecule has 0 N–H and O–H groups in total. The number of benzene rings is 1. The number of rotatable bonds is 2. The van der Waals surface area contributed by atoms with Crippen molar-refractivity contribution in [2.45, 2.75) is 6.54 Å². The van der Waals surface area contributed by atoms with E-state index in [1.807, 2.05) is 0 Å². The van der Waals surface area contributed by atoms with Gasteiger partial charge in [0.05, 0.1) is 5.88 Å². The van der Waals surface area contributed by atoms with Crippen LogP contribution in [0.2, 0.25) is 0 Å². The number of aryl methyl sites for hydroxylation is 1. The van der Waals surface area contributed by atoms with Crippen molar-refractivity contribution in [3.05, 3.63) is 29.8 Å². The van der Waals surface area contributed by atoms with E-state index in [4.69, 9.17) is 11.6 Å². The average molecular weight is 234 g/mol. The Bertz CT molecular complexity index is 386. The van der Waals surface area contributed by atoms with E-state index in [1.54, 1.807) is 11.3 Å². The van der Waals surface area contributed by atoms with Gasteiger partial charge in [-0.3, -0.25) is 0 Å². The third-order valence-corrected chi connectivity index (χ3v) is 2.94. The fourth-order valence-electron chi connectivity index (χ4n) is 1.24. The van der Waals surface area contributed by atoms with Crippen molar-refractivity contribution < 1.29 is 17.0 Å². The SMILES string of the molecule is ClCC[n+]1csc2ccccc21.[Cl-]. The molecule has 0 saturated heterocycles. The van der Waals surface area contributed by atoms with E-state index in [0.717, 1.165) is 6.54 Å². The minimum absolute atomic E-state index is 0. The second kappa shape index (κ2) is 4.80. The first-order valence-corrected chi connectivity index (χ1v) is 5.25. The molecule has 0 saturated carbocycles. The van der Waals surface area contributed by atoms with Crippen LogP contribution >= 0.6 is 22.9 Å². The lowest BCUT2D eigenvalue weighted by Crippen LogP contribution is -3.00. The fourth-order valence-corrected chi connectivity index (χ4v) is 2.34. The van der Waals surface area contributed by atoms with Gasteiger partial charge in [-0.05, 0) is 6.07 Å². The Balaban J connectivity index is 0.000000845. The van der Waals surface area contributed by atoms with Gasteiger partial charge in [0.25, 0.3) is 0 Å². The van der Waals surface area contributed by atoms with Crippen molar-refractivity contribution in [3.8, 4) is 0 Å². The molecule has 70 valence electrons. The first kappa shape index (κ1) is 10.8. The van der Waals surface area contributed by atoms with Crippen LogP contribution in [0.1, 0.15) is 0 Å². The standard InChI is InChI=1S/C9H9ClNS.ClH/c10-5-6-11-7-12-9-4-2-1-3-8(9)11;/h1-4,7H,5-6H2;1H/q+1;/p-1. The van der Waals surface area contributed by atoms with Crippen LogP contribution in [0, 0.1) is 0 Å². The summed E-state index contributed by atoms with van der Waals surface area (Å²) in [5.41, 5.74) is 3.40. The number of halogens is 2. The van der Waals surface area contributed by atoms with Gasteiger partial charge in [0.15, 0.2) is 6.54 Å². The Morgan fingerprint density at radius 2 is 2.08 bits per heavy atom. The molecule has 0 fully saturated rings. The summed E-state index contributed by atoms with van der Waals surface area (Å²) in [5, 5.41) is 0. The highest BCUT2D eigenvalue weighted by molar-refractivity contribution is 7.16. The Morgan fingerprint density at radius 1 is 1.31 bits per heavy atom. The van der Waals surface area contributed by atoms with E-state index in [9.17, 15) is 0 Å². The molecular formula is C9H9Cl2NS. The number of hydrogen-bond donors (Lipinski definition) is 0. The second-order valence-electron chi connectivity index (χ2n) is 2.57. The molecule has 0 aliphatic carbocycles. The Kier molecular flexibility index (Phi) is 3.97. The summed E-state index contributed by atoms with van der Waals surface area (Å²) >= 11 is 7.44. The first-order chi connectivity index (χ1) is 5.92. The van der Waals surface area contributed by atoms with Crippen LogP contribution in [0.25, 0.3) is 10.2 Å². The summed E-state index contributed by atoms with van der Waals surface area (Å²) in [6, 6.07) is 8.37. The van der Waals surface area contributed by atoms with Crippen LogP contribution in [-0.4, -0.2) is 5.88 Å². The van der Waals surface area contributed by atoms with Gasteiger partial charge in [0.1, 0.15) is 4.70 Å². The quantitative estimate of drug-likeness (QED) is 0.484. The van der Waals surface area contributed by atoms with Crippen LogP contribution in [0.3, 0.4) is 0 Å². The number of aromatic nitrogens is 1. The van der Waals surface area contributed by atoms with Crippen molar-refractivity contribution in [3.63, 3.8) is 0 Å². The molecule has 0 bridgehead atoms. The van der Waals surface area contributed by atoms with Gasteiger partial charge in [0, 0.05) is 6.07 Å². The van der Waals surface area contributed by atoms with Gasteiger partial charge in [-0.1, -0.05) is 23.5 Å². The Morgan fingerprint density at radius 3 is 2.85 bits per heavy atom. The molecule has 13 heavy (non-hydrogen) atoms. The molecular weight excluding hydrogens is 225 g/mol. The van der Waals surface area contributed by atoms with E-state index in [-0.39, 0.29) is 12.4 Å². The van der Waals surface area contributed by atoms with E-state index in [0.29, 0.717) is 5.88 Å². The molecule has 4 heteroatoms. The summed E-state index contributed by atoms with van der Waals surface area (Å²) in [7, 11) is 0.